The van der Waals surface area contributed by atoms with Crippen molar-refractivity contribution in [1.82, 2.24) is 19.8 Å². The summed E-state index contributed by atoms with van der Waals surface area (Å²) in [6.07, 6.45) is -4.70. The predicted octanol–water partition coefficient (Wildman–Crippen LogP) is 2.15. The fraction of sp³-hybridized carbons (Fsp3) is 0.357. The van der Waals surface area contributed by atoms with Gasteiger partial charge in [-0.3, -0.25) is 4.79 Å². The third-order valence-electron chi connectivity index (χ3n) is 3.19. The maximum Gasteiger partial charge on any atom is 0.453 e. The second kappa shape index (κ2) is 7.12. The van der Waals surface area contributed by atoms with Crippen molar-refractivity contribution in [3.63, 3.8) is 0 Å². The number of hydrogen-bond donors (Lipinski definition) is 1. The molecule has 130 valence electrons. The Morgan fingerprint density at radius 3 is 2.50 bits per heavy atom. The fourth-order valence-corrected chi connectivity index (χ4v) is 2.89. The van der Waals surface area contributed by atoms with E-state index in [-0.39, 0.29) is 11.1 Å². The Balaban J connectivity index is 2.03. The zero-order valence-electron chi connectivity index (χ0n) is 13.0. The van der Waals surface area contributed by atoms with Gasteiger partial charge in [-0.2, -0.15) is 13.2 Å². The molecule has 2 rings (SSSR count). The number of nitrogen functional groups attached to an aromatic ring is 1. The Morgan fingerprint density at radius 2 is 1.96 bits per heavy atom. The van der Waals surface area contributed by atoms with Crippen LogP contribution in [0.3, 0.4) is 0 Å². The van der Waals surface area contributed by atoms with E-state index < -0.39 is 17.3 Å². The number of rotatable bonds is 5. The maximum atomic E-state index is 12.6. The van der Waals surface area contributed by atoms with Gasteiger partial charge in [0.25, 0.3) is 5.82 Å². The molecule has 6 nitrogen and oxygen atoms in total. The molecule has 0 aliphatic heterocycles. The average Bonchev–Trinajstić information content (AvgIpc) is 2.88. The number of carbonyl (C=O) groups excluding carboxylic acids is 1. The van der Waals surface area contributed by atoms with Gasteiger partial charge in [-0.25, -0.2) is 4.68 Å². The highest BCUT2D eigenvalue weighted by atomic mass is 32.2. The molecule has 1 heterocycles. The van der Waals surface area contributed by atoms with Crippen LogP contribution in [0.15, 0.2) is 35.5 Å². The number of benzene rings is 1. The van der Waals surface area contributed by atoms with Gasteiger partial charge in [-0.15, -0.1) is 10.2 Å². The van der Waals surface area contributed by atoms with Crippen molar-refractivity contribution >= 4 is 17.7 Å². The molecular weight excluding hydrogens is 343 g/mol. The summed E-state index contributed by atoms with van der Waals surface area (Å²) < 4.78 is 38.3. The second-order valence-corrected chi connectivity index (χ2v) is 6.42. The van der Waals surface area contributed by atoms with Crippen LogP contribution in [-0.2, 0) is 17.5 Å². The van der Waals surface area contributed by atoms with E-state index in [0.717, 1.165) is 17.3 Å². The van der Waals surface area contributed by atoms with Crippen LogP contribution in [0.2, 0.25) is 0 Å². The molecule has 2 N–H and O–H groups in total. The SMILES string of the molecule is C[C@@H](Sc1nnc(C(F)(F)F)n1N)C(=O)N(C)Cc1ccccc1. The van der Waals surface area contributed by atoms with Crippen LogP contribution >= 0.6 is 11.8 Å². The number of alkyl halides is 3. The molecule has 1 aromatic carbocycles. The molecule has 1 aromatic heterocycles. The summed E-state index contributed by atoms with van der Waals surface area (Å²) in [4.78, 5) is 13.8. The molecule has 24 heavy (non-hydrogen) atoms. The van der Waals surface area contributed by atoms with Crippen molar-refractivity contribution in [1.29, 1.82) is 0 Å². The summed E-state index contributed by atoms with van der Waals surface area (Å²) in [6, 6.07) is 9.36. The monoisotopic (exact) mass is 359 g/mol. The van der Waals surface area contributed by atoms with Gasteiger partial charge in [0, 0.05) is 13.6 Å². The molecule has 0 radical (unpaired) electrons. The van der Waals surface area contributed by atoms with Gasteiger partial charge in [-0.1, -0.05) is 42.1 Å². The maximum absolute atomic E-state index is 12.6. The highest BCUT2D eigenvalue weighted by Crippen LogP contribution is 2.30. The molecule has 2 aromatic rings. The number of nitrogens with zero attached hydrogens (tertiary/aromatic N) is 4. The first-order valence-electron chi connectivity index (χ1n) is 6.93. The minimum Gasteiger partial charge on any atom is -0.340 e. The lowest BCUT2D eigenvalue weighted by molar-refractivity contribution is -0.146. The van der Waals surface area contributed by atoms with Gasteiger partial charge in [-0.05, 0) is 12.5 Å². The summed E-state index contributed by atoms with van der Waals surface area (Å²) in [5, 5.41) is 5.61. The molecule has 1 atom stereocenters. The molecule has 0 unspecified atom stereocenters. The lowest BCUT2D eigenvalue weighted by atomic mass is 10.2. The normalized spacial score (nSPS) is 12.9. The van der Waals surface area contributed by atoms with E-state index in [4.69, 9.17) is 5.84 Å². The average molecular weight is 359 g/mol. The lowest BCUT2D eigenvalue weighted by Gasteiger charge is -2.21. The largest absolute Gasteiger partial charge is 0.453 e. The molecule has 0 fully saturated rings. The molecule has 0 bridgehead atoms. The van der Waals surface area contributed by atoms with Gasteiger partial charge in [0.15, 0.2) is 0 Å². The topological polar surface area (TPSA) is 77.0 Å². The molecule has 1 amide bonds. The van der Waals surface area contributed by atoms with Crippen LogP contribution in [0, 0.1) is 0 Å². The third kappa shape index (κ3) is 4.19. The summed E-state index contributed by atoms with van der Waals surface area (Å²) >= 11 is 0.827. The number of thioether (sulfide) groups is 1. The third-order valence-corrected chi connectivity index (χ3v) is 4.23. The second-order valence-electron chi connectivity index (χ2n) is 5.11. The summed E-state index contributed by atoms with van der Waals surface area (Å²) in [5.74, 6) is 3.81. The molecule has 10 heteroatoms. The van der Waals surface area contributed by atoms with Gasteiger partial charge >= 0.3 is 6.18 Å². The molecular formula is C14H16F3N5OS. The highest BCUT2D eigenvalue weighted by Gasteiger charge is 2.38. The number of hydrogen-bond acceptors (Lipinski definition) is 5. The Morgan fingerprint density at radius 1 is 1.33 bits per heavy atom. The van der Waals surface area contributed by atoms with E-state index in [1.54, 1.807) is 14.0 Å². The van der Waals surface area contributed by atoms with E-state index in [1.807, 2.05) is 30.3 Å². The van der Waals surface area contributed by atoms with Crippen molar-refractivity contribution in [3.05, 3.63) is 41.7 Å². The number of halogens is 3. The minimum absolute atomic E-state index is 0.170. The van der Waals surface area contributed by atoms with E-state index >= 15 is 0 Å². The quantitative estimate of drug-likeness (QED) is 0.654. The lowest BCUT2D eigenvalue weighted by Crippen LogP contribution is -2.33. The molecule has 0 saturated heterocycles. The van der Waals surface area contributed by atoms with E-state index in [2.05, 4.69) is 10.2 Å². The zero-order chi connectivity index (χ0) is 17.9. The first-order chi connectivity index (χ1) is 11.2. The van der Waals surface area contributed by atoms with Gasteiger partial charge in [0.2, 0.25) is 11.1 Å². The number of amides is 1. The van der Waals surface area contributed by atoms with Crippen LogP contribution in [-0.4, -0.2) is 38.0 Å². The van der Waals surface area contributed by atoms with Crippen molar-refractivity contribution in [2.45, 2.75) is 30.1 Å². The van der Waals surface area contributed by atoms with Crippen LogP contribution in [0.25, 0.3) is 0 Å². The fourth-order valence-electron chi connectivity index (χ4n) is 2.00. The van der Waals surface area contributed by atoms with Crippen molar-refractivity contribution < 1.29 is 18.0 Å². The van der Waals surface area contributed by atoms with Gasteiger partial charge in [0.05, 0.1) is 5.25 Å². The molecule has 0 spiro atoms. The summed E-state index contributed by atoms with van der Waals surface area (Å²) in [5.41, 5.74) is 0.951. The molecule has 0 aliphatic rings. The molecule has 0 aliphatic carbocycles. The van der Waals surface area contributed by atoms with Crippen LogP contribution in [0.1, 0.15) is 18.3 Å². The first-order valence-corrected chi connectivity index (χ1v) is 7.81. The van der Waals surface area contributed by atoms with Crippen LogP contribution < -0.4 is 5.84 Å². The molecule has 0 saturated carbocycles. The summed E-state index contributed by atoms with van der Waals surface area (Å²) in [6.45, 7) is 1.98. The predicted molar refractivity (Wildman–Crippen MR) is 83.4 cm³/mol. The smallest absolute Gasteiger partial charge is 0.340 e. The Labute approximate surface area is 140 Å². The van der Waals surface area contributed by atoms with E-state index in [0.29, 0.717) is 11.2 Å². The Bertz CT molecular complexity index is 704. The van der Waals surface area contributed by atoms with E-state index in [9.17, 15) is 18.0 Å². The minimum atomic E-state index is -4.70. The Hall–Kier alpha value is -2.23. The van der Waals surface area contributed by atoms with Crippen LogP contribution in [0.4, 0.5) is 13.2 Å². The highest BCUT2D eigenvalue weighted by molar-refractivity contribution is 8.00. The van der Waals surface area contributed by atoms with Crippen molar-refractivity contribution in [3.8, 4) is 0 Å². The number of nitrogens with two attached hydrogens (primary N) is 1. The van der Waals surface area contributed by atoms with Crippen molar-refractivity contribution in [2.24, 2.45) is 0 Å². The Kier molecular flexibility index (Phi) is 5.37. The summed E-state index contributed by atoms with van der Waals surface area (Å²) in [7, 11) is 1.63. The zero-order valence-corrected chi connectivity index (χ0v) is 13.8. The number of aromatic nitrogens is 3. The van der Waals surface area contributed by atoms with Crippen molar-refractivity contribution in [2.75, 3.05) is 12.9 Å². The van der Waals surface area contributed by atoms with Gasteiger partial charge in [0.1, 0.15) is 0 Å². The van der Waals surface area contributed by atoms with Crippen LogP contribution in [0.5, 0.6) is 0 Å². The standard InChI is InChI=1S/C14H16F3N5OS/c1-9(11(23)21(2)8-10-6-4-3-5-7-10)24-13-20-19-12(22(13)18)14(15,16)17/h3-7,9H,8,18H2,1-2H3/t9-/m1/s1. The first kappa shape index (κ1) is 18.1. The number of carbonyl (C=O) groups is 1. The van der Waals surface area contributed by atoms with E-state index in [1.165, 1.54) is 4.90 Å². The van der Waals surface area contributed by atoms with Gasteiger partial charge < -0.3 is 10.7 Å².